The highest BCUT2D eigenvalue weighted by atomic mass is 16.8. The van der Waals surface area contributed by atoms with Crippen LogP contribution in [0.25, 0.3) is 0 Å². The van der Waals surface area contributed by atoms with E-state index >= 15 is 0 Å². The summed E-state index contributed by atoms with van der Waals surface area (Å²) in [5.74, 6) is -1.68. The molecule has 122 valence electrons. The number of carbonyl (C=O) groups is 1. The molecule has 0 aliphatic heterocycles. The van der Waals surface area contributed by atoms with E-state index in [2.05, 4.69) is 0 Å². The molecule has 0 amide bonds. The van der Waals surface area contributed by atoms with Crippen LogP contribution in [0.1, 0.15) is 21.8 Å². The van der Waals surface area contributed by atoms with Gasteiger partial charge in [0.05, 0.1) is 11.5 Å². The lowest BCUT2D eigenvalue weighted by atomic mass is 10.2. The summed E-state index contributed by atoms with van der Waals surface area (Å²) in [6.45, 7) is 0. The van der Waals surface area contributed by atoms with Gasteiger partial charge in [-0.25, -0.2) is 0 Å². The predicted molar refractivity (Wildman–Crippen MR) is 82.8 cm³/mol. The van der Waals surface area contributed by atoms with Crippen LogP contribution in [0.3, 0.4) is 0 Å². The summed E-state index contributed by atoms with van der Waals surface area (Å²) >= 11 is 0. The molecule has 0 aliphatic rings. The number of hydrogen-bond acceptors (Lipinski definition) is 6. The molecule has 1 unspecified atom stereocenters. The Hall–Kier alpha value is -2.57. The molecule has 1 atom stereocenters. The van der Waals surface area contributed by atoms with E-state index in [0.29, 0.717) is 5.56 Å². The predicted octanol–water partition coefficient (Wildman–Crippen LogP) is 2.39. The van der Waals surface area contributed by atoms with E-state index in [-0.39, 0.29) is 22.8 Å². The second-order valence-electron chi connectivity index (χ2n) is 4.97. The number of methoxy groups -OCH3 is 2. The Morgan fingerprint density at radius 1 is 0.913 bits per heavy atom. The van der Waals surface area contributed by atoms with Crippen LogP contribution in [0.2, 0.25) is 0 Å². The minimum Gasteiger partial charge on any atom is -0.508 e. The number of rotatable bonds is 6. The monoisotopic (exact) mass is 321 g/mol. The van der Waals surface area contributed by atoms with Crippen molar-refractivity contribution in [3.8, 4) is 17.2 Å². The SMILES string of the molecule is CO[13CH](OC)[13CH](c1ccc(O)cc1)[13C](=O)c1ccc(O)cc1O. The first-order valence-electron chi connectivity index (χ1n) is 6.88. The van der Waals surface area contributed by atoms with Crippen LogP contribution in [-0.2, 0) is 9.47 Å². The van der Waals surface area contributed by atoms with Crippen molar-refractivity contribution >= 4 is 5.78 Å². The van der Waals surface area contributed by atoms with Gasteiger partial charge in [-0.1, -0.05) is 12.1 Å². The van der Waals surface area contributed by atoms with Gasteiger partial charge in [0, 0.05) is 20.3 Å². The van der Waals surface area contributed by atoms with E-state index in [1.165, 1.54) is 38.5 Å². The number of ketones is 1. The van der Waals surface area contributed by atoms with E-state index < -0.39 is 18.0 Å². The van der Waals surface area contributed by atoms with Crippen LogP contribution in [0.5, 0.6) is 17.2 Å². The number of Topliss-reactive ketones (excluding diaryl/α,β-unsaturated/α-hetero) is 1. The molecular formula is C17H18O6. The number of benzene rings is 2. The third kappa shape index (κ3) is 3.61. The third-order valence-corrected chi connectivity index (χ3v) is 3.52. The standard InChI is InChI=1S/C17H18O6/c1-22-17(23-2)15(10-3-5-11(18)6-4-10)16(21)13-8-7-12(19)9-14(13)20/h3-9,15,17-20H,1-2H3/i15+1,16+1,17+1. The third-order valence-electron chi connectivity index (χ3n) is 3.52. The van der Waals surface area contributed by atoms with E-state index in [1.54, 1.807) is 12.1 Å². The summed E-state index contributed by atoms with van der Waals surface area (Å²) in [7, 11) is 2.82. The molecule has 0 aromatic heterocycles. The van der Waals surface area contributed by atoms with Crippen LogP contribution in [-0.4, -0.2) is 41.6 Å². The first-order valence-corrected chi connectivity index (χ1v) is 6.88. The number of carbonyl (C=O) groups excluding carboxylic acids is 1. The normalized spacial score (nSPS) is 12.3. The topological polar surface area (TPSA) is 96.2 Å². The van der Waals surface area contributed by atoms with Gasteiger partial charge < -0.3 is 24.8 Å². The van der Waals surface area contributed by atoms with E-state index in [9.17, 15) is 20.1 Å². The number of phenols is 3. The highest BCUT2D eigenvalue weighted by molar-refractivity contribution is 6.03. The summed E-state index contributed by atoms with van der Waals surface area (Å²) in [6.07, 6.45) is -0.875. The molecule has 0 radical (unpaired) electrons. The molecule has 0 fully saturated rings. The zero-order valence-electron chi connectivity index (χ0n) is 12.8. The van der Waals surface area contributed by atoms with Crippen molar-refractivity contribution in [2.24, 2.45) is 0 Å². The quantitative estimate of drug-likeness (QED) is 0.429. The smallest absolute Gasteiger partial charge is 0.179 e. The van der Waals surface area contributed by atoms with Gasteiger partial charge in [0.1, 0.15) is 17.2 Å². The van der Waals surface area contributed by atoms with E-state index in [0.717, 1.165) is 6.07 Å². The molecule has 2 aromatic carbocycles. The lowest BCUT2D eigenvalue weighted by molar-refractivity contribution is -0.110. The van der Waals surface area contributed by atoms with Crippen molar-refractivity contribution in [1.29, 1.82) is 0 Å². The van der Waals surface area contributed by atoms with E-state index in [1.807, 2.05) is 0 Å². The van der Waals surface area contributed by atoms with Gasteiger partial charge in [-0.05, 0) is 29.8 Å². The van der Waals surface area contributed by atoms with Gasteiger partial charge in [0.2, 0.25) is 0 Å². The fourth-order valence-corrected chi connectivity index (χ4v) is 2.38. The van der Waals surface area contributed by atoms with Crippen molar-refractivity contribution in [1.82, 2.24) is 0 Å². The molecule has 0 aliphatic carbocycles. The first kappa shape index (κ1) is 16.8. The van der Waals surface area contributed by atoms with Gasteiger partial charge in [0.15, 0.2) is 12.1 Å². The highest BCUT2D eigenvalue weighted by Gasteiger charge is 2.32. The molecule has 0 heterocycles. The minimum absolute atomic E-state index is 0.0416. The molecule has 23 heavy (non-hydrogen) atoms. The van der Waals surface area contributed by atoms with Gasteiger partial charge in [-0.2, -0.15) is 0 Å². The zero-order chi connectivity index (χ0) is 17.0. The number of hydrogen-bond donors (Lipinski definition) is 3. The maximum Gasteiger partial charge on any atom is 0.179 e. The van der Waals surface area contributed by atoms with Gasteiger partial charge >= 0.3 is 0 Å². The second-order valence-corrected chi connectivity index (χ2v) is 4.97. The van der Waals surface area contributed by atoms with Crippen molar-refractivity contribution in [2.75, 3.05) is 14.2 Å². The van der Waals surface area contributed by atoms with Crippen molar-refractivity contribution in [3.63, 3.8) is 0 Å². The number of ether oxygens (including phenoxy) is 2. The Bertz CT molecular complexity index is 676. The lowest BCUT2D eigenvalue weighted by Gasteiger charge is -2.24. The molecular weight excluding hydrogens is 303 g/mol. The molecule has 0 spiro atoms. The summed E-state index contributed by atoms with van der Waals surface area (Å²) in [6, 6.07) is 9.82. The average Bonchev–Trinajstić information content (AvgIpc) is 2.53. The van der Waals surface area contributed by atoms with Crippen LogP contribution in [0.4, 0.5) is 0 Å². The molecule has 0 bridgehead atoms. The first-order chi connectivity index (χ1) is 11.0. The molecule has 3 N–H and O–H groups in total. The second kappa shape index (κ2) is 7.13. The Balaban J connectivity index is 2.48. The van der Waals surface area contributed by atoms with Crippen LogP contribution in [0.15, 0.2) is 42.5 Å². The van der Waals surface area contributed by atoms with Crippen LogP contribution in [0, 0.1) is 0 Å². The largest absolute Gasteiger partial charge is 0.508 e. The van der Waals surface area contributed by atoms with Gasteiger partial charge in [-0.3, -0.25) is 4.79 Å². The van der Waals surface area contributed by atoms with Crippen molar-refractivity contribution in [2.45, 2.75) is 12.2 Å². The molecule has 2 rings (SSSR count). The lowest BCUT2D eigenvalue weighted by Crippen LogP contribution is -2.29. The number of aromatic hydroxyl groups is 3. The Morgan fingerprint density at radius 3 is 2.00 bits per heavy atom. The summed E-state index contributed by atoms with van der Waals surface area (Å²) < 4.78 is 10.4. The van der Waals surface area contributed by atoms with Crippen LogP contribution < -0.4 is 0 Å². The Morgan fingerprint density at radius 2 is 1.48 bits per heavy atom. The number of phenolic OH excluding ortho intramolecular Hbond substituents is 3. The summed E-state index contributed by atoms with van der Waals surface area (Å²) in [5, 5.41) is 28.7. The van der Waals surface area contributed by atoms with Crippen molar-refractivity contribution < 1.29 is 29.6 Å². The maximum absolute atomic E-state index is 12.9. The molecule has 0 saturated heterocycles. The van der Waals surface area contributed by atoms with Gasteiger partial charge in [0.25, 0.3) is 0 Å². The molecule has 0 saturated carbocycles. The molecule has 6 heteroatoms. The molecule has 2 aromatic rings. The fourth-order valence-electron chi connectivity index (χ4n) is 2.38. The van der Waals surface area contributed by atoms with Crippen molar-refractivity contribution in [3.05, 3.63) is 53.6 Å². The minimum atomic E-state index is -0.875. The Labute approximate surface area is 133 Å². The van der Waals surface area contributed by atoms with Crippen LogP contribution >= 0.6 is 0 Å². The average molecular weight is 321 g/mol. The highest BCUT2D eigenvalue weighted by Crippen LogP contribution is 2.32. The fraction of sp³-hybridized carbons (Fsp3) is 0.235. The van der Waals surface area contributed by atoms with E-state index in [4.69, 9.17) is 9.47 Å². The zero-order valence-corrected chi connectivity index (χ0v) is 12.8. The Kier molecular flexibility index (Phi) is 5.20. The van der Waals surface area contributed by atoms with Gasteiger partial charge in [-0.15, -0.1) is 0 Å². The maximum atomic E-state index is 12.9. The summed E-state index contributed by atoms with van der Waals surface area (Å²) in [4.78, 5) is 12.9. The summed E-state index contributed by atoms with van der Waals surface area (Å²) in [5.41, 5.74) is 0.606. The molecule has 6 nitrogen and oxygen atoms in total.